The molecule has 28 heavy (non-hydrogen) atoms. The summed E-state index contributed by atoms with van der Waals surface area (Å²) in [6.45, 7) is 3.05. The Morgan fingerprint density at radius 1 is 1.39 bits per heavy atom. The number of methoxy groups -OCH3 is 1. The van der Waals surface area contributed by atoms with E-state index in [0.29, 0.717) is 43.0 Å². The molecule has 1 atom stereocenters. The van der Waals surface area contributed by atoms with E-state index in [1.54, 1.807) is 30.0 Å². The van der Waals surface area contributed by atoms with Gasteiger partial charge in [-0.2, -0.15) is 0 Å². The van der Waals surface area contributed by atoms with Crippen LogP contribution in [0.15, 0.2) is 18.2 Å². The molecule has 1 unspecified atom stereocenters. The van der Waals surface area contributed by atoms with Crippen LogP contribution >= 0.6 is 11.3 Å². The van der Waals surface area contributed by atoms with E-state index in [-0.39, 0.29) is 17.7 Å². The average molecular weight is 403 g/mol. The minimum Gasteiger partial charge on any atom is -0.504 e. The fourth-order valence-electron chi connectivity index (χ4n) is 3.58. The maximum absolute atomic E-state index is 12.8. The summed E-state index contributed by atoms with van der Waals surface area (Å²) in [6, 6.07) is 5.15. The third kappa shape index (κ3) is 3.01. The van der Waals surface area contributed by atoms with Gasteiger partial charge >= 0.3 is 6.09 Å². The minimum absolute atomic E-state index is 0.0129. The Bertz CT molecular complexity index is 942. The van der Waals surface area contributed by atoms with Gasteiger partial charge in [-0.15, -0.1) is 11.3 Å². The Hall–Kier alpha value is -2.94. The van der Waals surface area contributed by atoms with Crippen molar-refractivity contribution in [3.63, 3.8) is 0 Å². The summed E-state index contributed by atoms with van der Waals surface area (Å²) in [7, 11) is 1.48. The molecule has 2 aliphatic rings. The Balaban J connectivity index is 1.62. The van der Waals surface area contributed by atoms with Gasteiger partial charge in [-0.05, 0) is 25.0 Å². The van der Waals surface area contributed by atoms with Crippen molar-refractivity contribution in [2.45, 2.75) is 26.1 Å². The number of phenols is 1. The number of nitrogens with one attached hydrogen (secondary N) is 2. The molecule has 3 N–H and O–H groups in total. The Labute approximate surface area is 166 Å². The number of hydrogen-bond donors (Lipinski definition) is 3. The van der Waals surface area contributed by atoms with Gasteiger partial charge in [-0.3, -0.25) is 4.79 Å². The number of ether oxygens (including phenoxy) is 2. The molecule has 0 saturated heterocycles. The quantitative estimate of drug-likeness (QED) is 0.729. The number of benzene rings is 1. The highest BCUT2D eigenvalue weighted by Gasteiger charge is 2.35. The van der Waals surface area contributed by atoms with Crippen molar-refractivity contribution in [1.29, 1.82) is 0 Å². The zero-order valence-electron chi connectivity index (χ0n) is 15.6. The number of carbonyl (C=O) groups is 2. The van der Waals surface area contributed by atoms with Gasteiger partial charge in [-0.1, -0.05) is 12.1 Å². The molecule has 0 aliphatic carbocycles. The van der Waals surface area contributed by atoms with E-state index in [1.807, 2.05) is 0 Å². The Morgan fingerprint density at radius 3 is 2.96 bits per heavy atom. The minimum atomic E-state index is -0.573. The summed E-state index contributed by atoms with van der Waals surface area (Å²) in [6.07, 6.45) is -0.308. The lowest BCUT2D eigenvalue weighted by atomic mass is 10.0. The normalized spacial score (nSPS) is 17.9. The standard InChI is InChI=1S/C19H21N3O5S/c1-3-27-19(25)22-8-7-10-13(9-22)28-18-14(10)17(24)20-16(21-18)11-5-4-6-12(26-2)15(11)23/h4-6,16,21,23H,3,7-9H2,1-2H3,(H,20,24). The third-order valence-corrected chi connectivity index (χ3v) is 6.07. The molecule has 0 saturated carbocycles. The SMILES string of the molecule is CCOC(=O)N1CCc2c(sc3c2C(=O)NC(c2cccc(OC)c2O)N3)C1. The first-order valence-electron chi connectivity index (χ1n) is 9.03. The van der Waals surface area contributed by atoms with Crippen LogP contribution in [0.1, 0.15) is 39.5 Å². The first-order chi connectivity index (χ1) is 13.5. The second-order valence-corrected chi connectivity index (χ2v) is 7.63. The van der Waals surface area contributed by atoms with E-state index in [4.69, 9.17) is 9.47 Å². The van der Waals surface area contributed by atoms with Crippen LogP contribution in [0.3, 0.4) is 0 Å². The molecule has 0 bridgehead atoms. The molecule has 4 rings (SSSR count). The van der Waals surface area contributed by atoms with Crippen molar-refractivity contribution in [1.82, 2.24) is 10.2 Å². The molecular weight excluding hydrogens is 382 g/mol. The highest BCUT2D eigenvalue weighted by Crippen LogP contribution is 2.42. The molecule has 3 heterocycles. The van der Waals surface area contributed by atoms with Gasteiger partial charge in [0.15, 0.2) is 11.5 Å². The number of aromatic hydroxyl groups is 1. The summed E-state index contributed by atoms with van der Waals surface area (Å²) in [5, 5.41) is 17.4. The largest absolute Gasteiger partial charge is 0.504 e. The van der Waals surface area contributed by atoms with Gasteiger partial charge in [0.1, 0.15) is 11.2 Å². The molecule has 1 aromatic carbocycles. The number of amides is 2. The molecule has 148 valence electrons. The molecule has 2 aliphatic heterocycles. The van der Waals surface area contributed by atoms with Crippen LogP contribution < -0.4 is 15.4 Å². The average Bonchev–Trinajstić information content (AvgIpc) is 3.06. The van der Waals surface area contributed by atoms with Gasteiger partial charge in [0.05, 0.1) is 25.8 Å². The van der Waals surface area contributed by atoms with E-state index in [9.17, 15) is 14.7 Å². The second-order valence-electron chi connectivity index (χ2n) is 6.53. The first kappa shape index (κ1) is 18.4. The van der Waals surface area contributed by atoms with E-state index in [0.717, 1.165) is 15.4 Å². The number of hydrogen-bond acceptors (Lipinski definition) is 7. The Kier molecular flexibility index (Phi) is 4.76. The van der Waals surface area contributed by atoms with Crippen LogP contribution in [0, 0.1) is 0 Å². The molecule has 0 spiro atoms. The van der Waals surface area contributed by atoms with Crippen molar-refractivity contribution >= 4 is 28.3 Å². The molecule has 9 heteroatoms. The molecule has 8 nitrogen and oxygen atoms in total. The molecule has 0 radical (unpaired) electrons. The third-order valence-electron chi connectivity index (χ3n) is 4.92. The summed E-state index contributed by atoms with van der Waals surface area (Å²) in [5.74, 6) is 0.138. The monoisotopic (exact) mass is 403 g/mol. The fourth-order valence-corrected chi connectivity index (χ4v) is 4.87. The van der Waals surface area contributed by atoms with Gasteiger partial charge in [0.25, 0.3) is 5.91 Å². The van der Waals surface area contributed by atoms with E-state index < -0.39 is 6.17 Å². The number of nitrogens with zero attached hydrogens (tertiary/aromatic N) is 1. The topological polar surface area (TPSA) is 100 Å². The lowest BCUT2D eigenvalue weighted by molar-refractivity contribution is 0.0933. The van der Waals surface area contributed by atoms with E-state index in [1.165, 1.54) is 18.4 Å². The molecular formula is C19H21N3O5S. The molecule has 2 aromatic rings. The number of thiophene rings is 1. The number of rotatable bonds is 3. The van der Waals surface area contributed by atoms with Crippen LogP contribution in [-0.2, 0) is 17.7 Å². The van der Waals surface area contributed by atoms with Crippen LogP contribution in [-0.4, -0.2) is 42.3 Å². The van der Waals surface area contributed by atoms with Gasteiger partial charge < -0.3 is 30.1 Å². The van der Waals surface area contributed by atoms with E-state index >= 15 is 0 Å². The smallest absolute Gasteiger partial charge is 0.410 e. The van der Waals surface area contributed by atoms with Crippen molar-refractivity contribution in [3.8, 4) is 11.5 Å². The van der Waals surface area contributed by atoms with Gasteiger partial charge in [-0.25, -0.2) is 4.79 Å². The van der Waals surface area contributed by atoms with Crippen molar-refractivity contribution in [2.24, 2.45) is 0 Å². The predicted octanol–water partition coefficient (Wildman–Crippen LogP) is 2.83. The van der Waals surface area contributed by atoms with Crippen molar-refractivity contribution < 1.29 is 24.2 Å². The summed E-state index contributed by atoms with van der Waals surface area (Å²) >= 11 is 1.46. The van der Waals surface area contributed by atoms with E-state index in [2.05, 4.69) is 10.6 Å². The van der Waals surface area contributed by atoms with Crippen LogP contribution in [0.5, 0.6) is 11.5 Å². The maximum Gasteiger partial charge on any atom is 0.410 e. The highest BCUT2D eigenvalue weighted by atomic mass is 32.1. The maximum atomic E-state index is 12.8. The summed E-state index contributed by atoms with van der Waals surface area (Å²) < 4.78 is 10.2. The van der Waals surface area contributed by atoms with Crippen LogP contribution in [0.25, 0.3) is 0 Å². The summed E-state index contributed by atoms with van der Waals surface area (Å²) in [4.78, 5) is 27.5. The van der Waals surface area contributed by atoms with Gasteiger partial charge in [0, 0.05) is 17.0 Å². The number of para-hydroxylation sites is 1. The molecule has 0 fully saturated rings. The fraction of sp³-hybridized carbons (Fsp3) is 0.368. The zero-order chi connectivity index (χ0) is 19.8. The Morgan fingerprint density at radius 2 is 2.21 bits per heavy atom. The number of phenolic OH excluding ortho intramolecular Hbond substituents is 1. The highest BCUT2D eigenvalue weighted by molar-refractivity contribution is 7.16. The lowest BCUT2D eigenvalue weighted by Gasteiger charge is -2.28. The lowest BCUT2D eigenvalue weighted by Crippen LogP contribution is -2.39. The molecule has 1 aromatic heterocycles. The second kappa shape index (κ2) is 7.23. The van der Waals surface area contributed by atoms with Crippen molar-refractivity contribution in [2.75, 3.05) is 25.6 Å². The number of fused-ring (bicyclic) bond motifs is 3. The first-order valence-corrected chi connectivity index (χ1v) is 9.84. The number of carbonyl (C=O) groups excluding carboxylic acids is 2. The van der Waals surface area contributed by atoms with Crippen LogP contribution in [0.4, 0.5) is 9.80 Å². The summed E-state index contributed by atoms with van der Waals surface area (Å²) in [5.41, 5.74) is 2.12. The predicted molar refractivity (Wildman–Crippen MR) is 104 cm³/mol. The molecule has 2 amide bonds. The van der Waals surface area contributed by atoms with Crippen molar-refractivity contribution in [3.05, 3.63) is 39.8 Å². The van der Waals surface area contributed by atoms with Crippen LogP contribution in [0.2, 0.25) is 0 Å². The number of anilines is 1. The zero-order valence-corrected chi connectivity index (χ0v) is 16.4. The van der Waals surface area contributed by atoms with Gasteiger partial charge in [0.2, 0.25) is 0 Å².